The van der Waals surface area contributed by atoms with Crippen LogP contribution in [0.1, 0.15) is 59.8 Å². The molecule has 1 rings (SSSR count). The predicted molar refractivity (Wildman–Crippen MR) is 110 cm³/mol. The first-order valence-corrected chi connectivity index (χ1v) is 10.8. The third-order valence-corrected chi connectivity index (χ3v) is 5.90. The highest BCUT2D eigenvalue weighted by atomic mass is 35.5. The van der Waals surface area contributed by atoms with Crippen molar-refractivity contribution in [1.82, 2.24) is 0 Å². The number of anilines is 1. The third kappa shape index (κ3) is 7.34. The van der Waals surface area contributed by atoms with E-state index in [2.05, 4.69) is 5.32 Å². The van der Waals surface area contributed by atoms with E-state index in [1.807, 2.05) is 27.7 Å². The molecule has 1 atom stereocenters. The minimum Gasteiger partial charge on any atom is -0.465 e. The Kier molecular flexibility index (Phi) is 10.8. The Bertz CT molecular complexity index is 638. The van der Waals surface area contributed by atoms with E-state index in [4.69, 9.17) is 16.3 Å². The van der Waals surface area contributed by atoms with Crippen molar-refractivity contribution in [3.63, 3.8) is 0 Å². The molecule has 1 aromatic carbocycles. The molecule has 0 aromatic heterocycles. The molecule has 0 fully saturated rings. The van der Waals surface area contributed by atoms with Gasteiger partial charge in [-0.15, -0.1) is 11.8 Å². The second-order valence-corrected chi connectivity index (χ2v) is 7.98. The first kappa shape index (κ1) is 23.8. The van der Waals surface area contributed by atoms with Gasteiger partial charge in [0.15, 0.2) is 0 Å². The molecule has 0 aliphatic rings. The van der Waals surface area contributed by atoms with Crippen LogP contribution in [0.2, 0.25) is 5.02 Å². The molecule has 4 nitrogen and oxygen atoms in total. The second kappa shape index (κ2) is 12.2. The lowest BCUT2D eigenvalue weighted by molar-refractivity contribution is -0.143. The van der Waals surface area contributed by atoms with Crippen LogP contribution in [0, 0.1) is 11.7 Å². The third-order valence-electron chi connectivity index (χ3n) is 4.17. The van der Waals surface area contributed by atoms with Crippen LogP contribution in [-0.4, -0.2) is 23.7 Å². The number of carbonyl (C=O) groups excluding carboxylic acids is 2. The molecule has 27 heavy (non-hydrogen) atoms. The van der Waals surface area contributed by atoms with E-state index < -0.39 is 11.1 Å². The van der Waals surface area contributed by atoms with E-state index in [9.17, 15) is 14.0 Å². The quantitative estimate of drug-likeness (QED) is 0.350. The monoisotopic (exact) mass is 417 g/mol. The molecular formula is C20H29ClFNO3S. The van der Waals surface area contributed by atoms with Crippen molar-refractivity contribution in [3.05, 3.63) is 23.0 Å². The molecule has 0 saturated carbocycles. The Hall–Kier alpha value is -1.27. The molecule has 0 bridgehead atoms. The fourth-order valence-electron chi connectivity index (χ4n) is 2.55. The van der Waals surface area contributed by atoms with Crippen molar-refractivity contribution >= 4 is 40.9 Å². The molecule has 0 radical (unpaired) electrons. The van der Waals surface area contributed by atoms with E-state index in [-0.39, 0.29) is 28.5 Å². The summed E-state index contributed by atoms with van der Waals surface area (Å²) in [5, 5.41) is 2.43. The fourth-order valence-corrected chi connectivity index (χ4v) is 4.01. The highest BCUT2D eigenvalue weighted by Gasteiger charge is 2.23. The number of ether oxygens (including phenoxy) is 1. The molecule has 1 aromatic rings. The maximum Gasteiger partial charge on any atom is 0.319 e. The van der Waals surface area contributed by atoms with Gasteiger partial charge in [0.2, 0.25) is 5.91 Å². The van der Waals surface area contributed by atoms with Crippen molar-refractivity contribution < 1.29 is 18.7 Å². The van der Waals surface area contributed by atoms with Gasteiger partial charge in [-0.05, 0) is 37.8 Å². The minimum absolute atomic E-state index is 0.0796. The Balaban J connectivity index is 3.02. The largest absolute Gasteiger partial charge is 0.465 e. The van der Waals surface area contributed by atoms with Gasteiger partial charge in [-0.3, -0.25) is 9.59 Å². The Morgan fingerprint density at radius 1 is 1.19 bits per heavy atom. The SMILES string of the molecule is CCCOC(=O)C(CCC)Sc1cc(NC(=O)C(CC)CC)c(F)cc1Cl. The molecular weight excluding hydrogens is 389 g/mol. The number of amides is 1. The standard InChI is InChI=1S/C20H29ClFNO3S/c1-5-9-17(20(25)26-10-6-2)27-18-12-16(15(22)11-14(18)21)23-19(24)13(7-3)8-4/h11-13,17H,5-10H2,1-4H3,(H,23,24). The predicted octanol–water partition coefficient (Wildman–Crippen LogP) is 6.07. The summed E-state index contributed by atoms with van der Waals surface area (Å²) in [4.78, 5) is 25.1. The minimum atomic E-state index is -0.593. The highest BCUT2D eigenvalue weighted by Crippen LogP contribution is 2.36. The van der Waals surface area contributed by atoms with E-state index in [0.29, 0.717) is 30.8 Å². The lowest BCUT2D eigenvalue weighted by atomic mass is 10.0. The van der Waals surface area contributed by atoms with E-state index in [0.717, 1.165) is 12.8 Å². The van der Waals surface area contributed by atoms with Gasteiger partial charge in [0.1, 0.15) is 11.1 Å². The number of thioether (sulfide) groups is 1. The molecule has 0 heterocycles. The summed E-state index contributed by atoms with van der Waals surface area (Å²) in [7, 11) is 0. The number of esters is 1. The smallest absolute Gasteiger partial charge is 0.319 e. The van der Waals surface area contributed by atoms with Crippen molar-refractivity contribution in [3.8, 4) is 0 Å². The van der Waals surface area contributed by atoms with Crippen LogP contribution in [0.4, 0.5) is 10.1 Å². The first-order valence-electron chi connectivity index (χ1n) is 9.50. The maximum atomic E-state index is 14.3. The van der Waals surface area contributed by atoms with Crippen LogP contribution in [0.3, 0.4) is 0 Å². The lowest BCUT2D eigenvalue weighted by Gasteiger charge is -2.18. The molecule has 1 N–H and O–H groups in total. The summed E-state index contributed by atoms with van der Waals surface area (Å²) in [6.45, 7) is 8.12. The second-order valence-electron chi connectivity index (χ2n) is 6.33. The number of nitrogens with one attached hydrogen (secondary N) is 1. The van der Waals surface area contributed by atoms with Crippen molar-refractivity contribution in [2.75, 3.05) is 11.9 Å². The summed E-state index contributed by atoms with van der Waals surface area (Å²) >= 11 is 7.43. The Morgan fingerprint density at radius 2 is 1.85 bits per heavy atom. The fraction of sp³-hybridized carbons (Fsp3) is 0.600. The molecule has 1 amide bonds. The summed E-state index contributed by atoms with van der Waals surface area (Å²) in [5.41, 5.74) is 0.0796. The highest BCUT2D eigenvalue weighted by molar-refractivity contribution is 8.00. The van der Waals surface area contributed by atoms with Gasteiger partial charge in [-0.1, -0.05) is 45.7 Å². The van der Waals surface area contributed by atoms with E-state index >= 15 is 0 Å². The maximum absolute atomic E-state index is 14.3. The summed E-state index contributed by atoms with van der Waals surface area (Å²) < 4.78 is 19.5. The zero-order chi connectivity index (χ0) is 20.4. The van der Waals surface area contributed by atoms with Gasteiger partial charge in [0.25, 0.3) is 0 Å². The molecule has 0 aliphatic carbocycles. The molecule has 0 aliphatic heterocycles. The number of hydrogen-bond acceptors (Lipinski definition) is 4. The normalized spacial score (nSPS) is 12.1. The molecule has 0 spiro atoms. The summed E-state index contributed by atoms with van der Waals surface area (Å²) in [6, 6.07) is 2.67. The van der Waals surface area contributed by atoms with Gasteiger partial charge in [-0.2, -0.15) is 0 Å². The molecule has 1 unspecified atom stereocenters. The van der Waals surface area contributed by atoms with Crippen LogP contribution in [-0.2, 0) is 14.3 Å². The van der Waals surface area contributed by atoms with Gasteiger partial charge < -0.3 is 10.1 Å². The average molecular weight is 418 g/mol. The number of carbonyl (C=O) groups is 2. The van der Waals surface area contributed by atoms with Crippen LogP contribution in [0.15, 0.2) is 17.0 Å². The zero-order valence-corrected chi connectivity index (χ0v) is 18.0. The number of halogens is 2. The molecule has 152 valence electrons. The van der Waals surface area contributed by atoms with Gasteiger partial charge in [0.05, 0.1) is 17.3 Å². The summed E-state index contributed by atoms with van der Waals surface area (Å²) in [6.07, 6.45) is 3.53. The van der Waals surface area contributed by atoms with Crippen LogP contribution in [0.25, 0.3) is 0 Å². The number of benzene rings is 1. The number of rotatable bonds is 11. The van der Waals surface area contributed by atoms with E-state index in [1.54, 1.807) is 0 Å². The zero-order valence-electron chi connectivity index (χ0n) is 16.4. The van der Waals surface area contributed by atoms with Crippen LogP contribution >= 0.6 is 23.4 Å². The van der Waals surface area contributed by atoms with Crippen molar-refractivity contribution in [2.24, 2.45) is 5.92 Å². The molecule has 0 saturated heterocycles. The lowest BCUT2D eigenvalue weighted by Crippen LogP contribution is -2.22. The van der Waals surface area contributed by atoms with Crippen molar-refractivity contribution in [1.29, 1.82) is 0 Å². The van der Waals surface area contributed by atoms with E-state index in [1.165, 1.54) is 23.9 Å². The Labute approximate surface area is 170 Å². The first-order chi connectivity index (χ1) is 12.9. The van der Waals surface area contributed by atoms with Gasteiger partial charge in [-0.25, -0.2) is 4.39 Å². The average Bonchev–Trinajstić information content (AvgIpc) is 2.64. The Morgan fingerprint density at radius 3 is 2.41 bits per heavy atom. The van der Waals surface area contributed by atoms with Gasteiger partial charge in [0, 0.05) is 10.8 Å². The van der Waals surface area contributed by atoms with Crippen molar-refractivity contribution in [2.45, 2.75) is 69.9 Å². The topological polar surface area (TPSA) is 55.4 Å². The molecule has 7 heteroatoms. The van der Waals surface area contributed by atoms with Crippen LogP contribution < -0.4 is 5.32 Å². The van der Waals surface area contributed by atoms with Crippen LogP contribution in [0.5, 0.6) is 0 Å². The van der Waals surface area contributed by atoms with Gasteiger partial charge >= 0.3 is 5.97 Å². The number of hydrogen-bond donors (Lipinski definition) is 1. The summed E-state index contributed by atoms with van der Waals surface area (Å²) in [5.74, 6) is -1.28.